The number of aliphatic hydroxyl groups excluding tert-OH is 2. The highest BCUT2D eigenvalue weighted by atomic mass is 16.5. The number of ketones is 2. The highest BCUT2D eigenvalue weighted by Crippen LogP contribution is 2.27. The van der Waals surface area contributed by atoms with Gasteiger partial charge in [0.1, 0.15) is 11.5 Å². The third-order valence-corrected chi connectivity index (χ3v) is 4.59. The second-order valence-electron chi connectivity index (χ2n) is 6.35. The number of Topliss-reactive ketones (excluding diaryl/α,β-unsaturated/α-hetero) is 2. The minimum Gasteiger partial charge on any atom is -0.511 e. The molecule has 0 atom stereocenters. The summed E-state index contributed by atoms with van der Waals surface area (Å²) in [7, 11) is 0. The zero-order valence-electron chi connectivity index (χ0n) is 14.1. The Morgan fingerprint density at radius 1 is 1.12 bits per heavy atom. The molecule has 0 fully saturated rings. The maximum absolute atomic E-state index is 12.2. The number of aliphatic imine (C=N–C) groups is 1. The van der Waals surface area contributed by atoms with Gasteiger partial charge in [0.15, 0.2) is 11.6 Å². The second kappa shape index (κ2) is 7.74. The largest absolute Gasteiger partial charge is 0.511 e. The van der Waals surface area contributed by atoms with Crippen molar-refractivity contribution in [3.63, 3.8) is 0 Å². The first-order valence-electron chi connectivity index (χ1n) is 8.72. The number of carbonyl (C=O) groups is 2. The molecule has 134 valence electrons. The van der Waals surface area contributed by atoms with Crippen molar-refractivity contribution in [1.82, 2.24) is 5.16 Å². The maximum atomic E-state index is 12.2. The predicted octanol–water partition coefficient (Wildman–Crippen LogP) is 2.12. The standard InChI is InChI=1S/C18H22N2O5/c21-10-9-19-11(17-13(22)3-1-4-14(17)23)7-8-12-18-15(24)5-2-6-16(18)25-20-12/h21-22H,1-10H2. The molecular weight excluding hydrogens is 324 g/mol. The molecule has 7 nitrogen and oxygen atoms in total. The van der Waals surface area contributed by atoms with Crippen LogP contribution in [-0.2, 0) is 17.6 Å². The molecule has 3 rings (SSSR count). The van der Waals surface area contributed by atoms with E-state index < -0.39 is 0 Å². The Hall–Kier alpha value is -2.28. The lowest BCUT2D eigenvalue weighted by molar-refractivity contribution is -0.115. The van der Waals surface area contributed by atoms with Crippen molar-refractivity contribution >= 4 is 17.3 Å². The van der Waals surface area contributed by atoms with Gasteiger partial charge >= 0.3 is 0 Å². The lowest BCUT2D eigenvalue weighted by Gasteiger charge is -2.17. The zero-order valence-corrected chi connectivity index (χ0v) is 14.1. The molecule has 25 heavy (non-hydrogen) atoms. The molecule has 1 heterocycles. The van der Waals surface area contributed by atoms with Crippen LogP contribution < -0.4 is 0 Å². The molecule has 0 amide bonds. The Kier molecular flexibility index (Phi) is 5.43. The van der Waals surface area contributed by atoms with Crippen LogP contribution in [0.1, 0.15) is 60.3 Å². The van der Waals surface area contributed by atoms with Gasteiger partial charge in [-0.2, -0.15) is 0 Å². The molecular formula is C18H22N2O5. The van der Waals surface area contributed by atoms with Gasteiger partial charge in [0, 0.05) is 31.4 Å². The van der Waals surface area contributed by atoms with Crippen LogP contribution >= 0.6 is 0 Å². The number of aromatic nitrogens is 1. The fraction of sp³-hybridized carbons (Fsp3) is 0.556. The van der Waals surface area contributed by atoms with Gasteiger partial charge in [-0.15, -0.1) is 0 Å². The number of nitrogens with zero attached hydrogens (tertiary/aromatic N) is 2. The van der Waals surface area contributed by atoms with E-state index in [0.29, 0.717) is 67.7 Å². The first-order chi connectivity index (χ1) is 12.1. The Morgan fingerprint density at radius 3 is 2.64 bits per heavy atom. The van der Waals surface area contributed by atoms with E-state index in [1.165, 1.54) is 0 Å². The summed E-state index contributed by atoms with van der Waals surface area (Å²) in [5.41, 5.74) is 1.89. The Labute approximate surface area is 145 Å². The van der Waals surface area contributed by atoms with Gasteiger partial charge in [0.2, 0.25) is 0 Å². The van der Waals surface area contributed by atoms with E-state index in [2.05, 4.69) is 10.1 Å². The molecule has 0 spiro atoms. The van der Waals surface area contributed by atoms with Crippen molar-refractivity contribution in [2.24, 2.45) is 4.99 Å². The number of rotatable bonds is 6. The number of hydrogen-bond donors (Lipinski definition) is 2. The van der Waals surface area contributed by atoms with Crippen LogP contribution in [0.3, 0.4) is 0 Å². The van der Waals surface area contributed by atoms with E-state index in [1.54, 1.807) is 0 Å². The summed E-state index contributed by atoms with van der Waals surface area (Å²) in [4.78, 5) is 28.6. The van der Waals surface area contributed by atoms with E-state index >= 15 is 0 Å². The lowest BCUT2D eigenvalue weighted by Crippen LogP contribution is -2.21. The molecule has 2 aliphatic rings. The molecule has 2 aliphatic carbocycles. The number of fused-ring (bicyclic) bond motifs is 1. The first kappa shape index (κ1) is 17.5. The van der Waals surface area contributed by atoms with Gasteiger partial charge in [0.05, 0.1) is 30.0 Å². The average Bonchev–Trinajstić information content (AvgIpc) is 3.01. The van der Waals surface area contributed by atoms with Crippen LogP contribution in [0.15, 0.2) is 20.8 Å². The van der Waals surface area contributed by atoms with Gasteiger partial charge < -0.3 is 14.7 Å². The summed E-state index contributed by atoms with van der Waals surface area (Å²) in [5.74, 6) is 0.614. The third kappa shape index (κ3) is 3.71. The van der Waals surface area contributed by atoms with Crippen molar-refractivity contribution in [2.45, 2.75) is 51.4 Å². The molecule has 1 aromatic rings. The molecule has 0 radical (unpaired) electrons. The lowest BCUT2D eigenvalue weighted by atomic mass is 9.89. The quantitative estimate of drug-likeness (QED) is 0.763. The van der Waals surface area contributed by atoms with Gasteiger partial charge in [-0.05, 0) is 25.7 Å². The van der Waals surface area contributed by atoms with Gasteiger partial charge in [-0.25, -0.2) is 0 Å². The van der Waals surface area contributed by atoms with Gasteiger partial charge in [-0.3, -0.25) is 14.6 Å². The number of aliphatic hydroxyl groups is 2. The van der Waals surface area contributed by atoms with Crippen molar-refractivity contribution in [3.05, 3.63) is 28.3 Å². The van der Waals surface area contributed by atoms with Crippen molar-refractivity contribution in [1.29, 1.82) is 0 Å². The highest BCUT2D eigenvalue weighted by Gasteiger charge is 2.28. The Morgan fingerprint density at radius 2 is 1.88 bits per heavy atom. The Balaban J connectivity index is 1.82. The van der Waals surface area contributed by atoms with E-state index in [1.807, 2.05) is 0 Å². The third-order valence-electron chi connectivity index (χ3n) is 4.59. The van der Waals surface area contributed by atoms with Crippen molar-refractivity contribution < 1.29 is 24.3 Å². The Bertz CT molecular complexity index is 745. The van der Waals surface area contributed by atoms with Crippen LogP contribution in [0.4, 0.5) is 0 Å². The second-order valence-corrected chi connectivity index (χ2v) is 6.35. The van der Waals surface area contributed by atoms with Crippen LogP contribution in [0.5, 0.6) is 0 Å². The fourth-order valence-corrected chi connectivity index (χ4v) is 3.41. The molecule has 1 aromatic heterocycles. The average molecular weight is 346 g/mol. The van der Waals surface area contributed by atoms with E-state index in [-0.39, 0.29) is 36.1 Å². The minimum atomic E-state index is -0.135. The minimum absolute atomic E-state index is 0.0437. The SMILES string of the molecule is O=C1CCCC(O)=C1C(CCc1noc2c1C(=O)CCC2)=NCCO. The maximum Gasteiger partial charge on any atom is 0.168 e. The summed E-state index contributed by atoms with van der Waals surface area (Å²) in [5, 5.41) is 23.2. The monoisotopic (exact) mass is 346 g/mol. The van der Waals surface area contributed by atoms with Crippen LogP contribution in [0.25, 0.3) is 0 Å². The van der Waals surface area contributed by atoms with Gasteiger partial charge in [-0.1, -0.05) is 5.16 Å². The number of hydrogen-bond acceptors (Lipinski definition) is 7. The number of aryl methyl sites for hydroxylation is 2. The summed E-state index contributed by atoms with van der Waals surface area (Å²) in [6.07, 6.45) is 4.22. The predicted molar refractivity (Wildman–Crippen MR) is 90.0 cm³/mol. The number of carbonyl (C=O) groups excluding carboxylic acids is 2. The van der Waals surface area contributed by atoms with E-state index in [9.17, 15) is 14.7 Å². The molecule has 7 heteroatoms. The molecule has 0 aliphatic heterocycles. The summed E-state index contributed by atoms with van der Waals surface area (Å²) in [6, 6.07) is 0. The topological polar surface area (TPSA) is 113 Å². The fourth-order valence-electron chi connectivity index (χ4n) is 3.41. The van der Waals surface area contributed by atoms with Crippen molar-refractivity contribution in [2.75, 3.05) is 13.2 Å². The molecule has 0 saturated heterocycles. The van der Waals surface area contributed by atoms with Crippen LogP contribution in [0.2, 0.25) is 0 Å². The van der Waals surface area contributed by atoms with Crippen molar-refractivity contribution in [3.8, 4) is 0 Å². The van der Waals surface area contributed by atoms with E-state index in [4.69, 9.17) is 9.63 Å². The highest BCUT2D eigenvalue weighted by molar-refractivity contribution is 6.23. The van der Waals surface area contributed by atoms with Crippen LogP contribution in [0, 0.1) is 0 Å². The van der Waals surface area contributed by atoms with Crippen LogP contribution in [-0.4, -0.2) is 45.8 Å². The summed E-state index contributed by atoms with van der Waals surface area (Å²) >= 11 is 0. The van der Waals surface area contributed by atoms with E-state index in [0.717, 1.165) is 6.42 Å². The first-order valence-corrected chi connectivity index (χ1v) is 8.72. The zero-order chi connectivity index (χ0) is 17.8. The summed E-state index contributed by atoms with van der Waals surface area (Å²) < 4.78 is 5.28. The summed E-state index contributed by atoms with van der Waals surface area (Å²) in [6.45, 7) is 0.0266. The molecule has 0 bridgehead atoms. The normalized spacial score (nSPS) is 18.7. The molecule has 2 N–H and O–H groups in total. The number of allylic oxidation sites excluding steroid dienone is 2. The molecule has 0 saturated carbocycles. The molecule has 0 aromatic carbocycles. The smallest absolute Gasteiger partial charge is 0.168 e. The molecule has 0 unspecified atom stereocenters. The van der Waals surface area contributed by atoms with Gasteiger partial charge in [0.25, 0.3) is 0 Å².